The molecule has 1 aromatic heterocycles. The van der Waals surface area contributed by atoms with Crippen molar-refractivity contribution in [3.63, 3.8) is 0 Å². The van der Waals surface area contributed by atoms with Crippen molar-refractivity contribution < 1.29 is 19.0 Å². The molecule has 10 heteroatoms. The third-order valence-electron chi connectivity index (χ3n) is 3.91. The molecule has 0 bridgehead atoms. The zero-order chi connectivity index (χ0) is 18.5. The maximum absolute atomic E-state index is 12.8. The van der Waals surface area contributed by atoms with Gasteiger partial charge in [-0.3, -0.25) is 14.6 Å². The van der Waals surface area contributed by atoms with Crippen molar-refractivity contribution in [2.75, 3.05) is 26.2 Å². The number of nitrogens with one attached hydrogen (secondary N) is 1. The SMILES string of the molecule is CCOC(=O)CCNC(=S)N1CCCN1C(=O)c1ccc2nonc2c1. The Labute approximate surface area is 155 Å². The molecule has 9 nitrogen and oxygen atoms in total. The average molecular weight is 377 g/mol. The van der Waals surface area contributed by atoms with Crippen molar-refractivity contribution in [1.29, 1.82) is 0 Å². The van der Waals surface area contributed by atoms with Crippen molar-refractivity contribution in [3.05, 3.63) is 23.8 Å². The van der Waals surface area contributed by atoms with Crippen LogP contribution in [0.4, 0.5) is 0 Å². The first-order valence-electron chi connectivity index (χ1n) is 8.35. The molecule has 2 aromatic rings. The van der Waals surface area contributed by atoms with Crippen molar-refractivity contribution >= 4 is 40.2 Å². The number of carbonyl (C=O) groups is 2. The summed E-state index contributed by atoms with van der Waals surface area (Å²) in [4.78, 5) is 24.2. The van der Waals surface area contributed by atoms with Gasteiger partial charge in [0, 0.05) is 25.2 Å². The molecule has 0 saturated carbocycles. The molecule has 26 heavy (non-hydrogen) atoms. The predicted molar refractivity (Wildman–Crippen MR) is 96.0 cm³/mol. The Bertz CT molecular complexity index is 824. The minimum absolute atomic E-state index is 0.179. The maximum Gasteiger partial charge on any atom is 0.307 e. The number of thiocarbonyl (C=S) groups is 1. The standard InChI is InChI=1S/C16H19N5O4S/c1-2-24-14(22)6-7-17-16(26)21-9-3-8-20(21)15(23)11-4-5-12-13(10-11)19-25-18-12/h4-5,10H,2-3,6-9H2,1H3,(H,17,26). The van der Waals surface area contributed by atoms with Gasteiger partial charge in [0.15, 0.2) is 5.11 Å². The van der Waals surface area contributed by atoms with E-state index in [1.807, 2.05) is 0 Å². The van der Waals surface area contributed by atoms with Crippen LogP contribution in [0.5, 0.6) is 0 Å². The van der Waals surface area contributed by atoms with Crippen molar-refractivity contribution in [2.45, 2.75) is 19.8 Å². The average Bonchev–Trinajstić information content (AvgIpc) is 3.29. The summed E-state index contributed by atoms with van der Waals surface area (Å²) < 4.78 is 9.54. The molecule has 138 valence electrons. The van der Waals surface area contributed by atoms with Crippen LogP contribution in [0.15, 0.2) is 22.8 Å². The third kappa shape index (κ3) is 3.90. The van der Waals surface area contributed by atoms with Gasteiger partial charge in [-0.05, 0) is 54.1 Å². The highest BCUT2D eigenvalue weighted by atomic mass is 32.1. The quantitative estimate of drug-likeness (QED) is 0.606. The molecule has 1 fully saturated rings. The molecule has 0 unspecified atom stereocenters. The number of hydrogen-bond donors (Lipinski definition) is 1. The molecule has 1 aliphatic heterocycles. The molecule has 0 atom stereocenters. The molecular formula is C16H19N5O4S. The van der Waals surface area contributed by atoms with Gasteiger partial charge in [-0.1, -0.05) is 0 Å². The van der Waals surface area contributed by atoms with E-state index < -0.39 is 0 Å². The van der Waals surface area contributed by atoms with E-state index in [4.69, 9.17) is 17.0 Å². The Morgan fingerprint density at radius 3 is 2.85 bits per heavy atom. The summed E-state index contributed by atoms with van der Waals surface area (Å²) in [6.45, 7) is 3.66. The Morgan fingerprint density at radius 2 is 2.04 bits per heavy atom. The van der Waals surface area contributed by atoms with Gasteiger partial charge in [0.05, 0.1) is 13.0 Å². The Morgan fingerprint density at radius 1 is 1.27 bits per heavy atom. The summed E-state index contributed by atoms with van der Waals surface area (Å²) in [6, 6.07) is 5.01. The van der Waals surface area contributed by atoms with Crippen LogP contribution in [0.1, 0.15) is 30.1 Å². The summed E-state index contributed by atoms with van der Waals surface area (Å²) in [7, 11) is 0. The second kappa shape index (κ2) is 8.09. The lowest BCUT2D eigenvalue weighted by atomic mass is 10.2. The number of ether oxygens (including phenoxy) is 1. The first-order chi connectivity index (χ1) is 12.6. The zero-order valence-corrected chi connectivity index (χ0v) is 15.1. The molecule has 3 rings (SSSR count). The van der Waals surface area contributed by atoms with E-state index in [0.717, 1.165) is 6.42 Å². The molecular weight excluding hydrogens is 358 g/mol. The van der Waals surface area contributed by atoms with E-state index in [0.29, 0.717) is 48.0 Å². The van der Waals surface area contributed by atoms with E-state index in [9.17, 15) is 9.59 Å². The third-order valence-corrected chi connectivity index (χ3v) is 4.27. The van der Waals surface area contributed by atoms with E-state index in [2.05, 4.69) is 20.3 Å². The smallest absolute Gasteiger partial charge is 0.307 e. The maximum atomic E-state index is 12.8. The van der Waals surface area contributed by atoms with Crippen molar-refractivity contribution in [1.82, 2.24) is 25.6 Å². The fourth-order valence-electron chi connectivity index (χ4n) is 2.69. The minimum Gasteiger partial charge on any atom is -0.466 e. The van der Waals surface area contributed by atoms with Gasteiger partial charge >= 0.3 is 5.97 Å². The Balaban J connectivity index is 1.62. The number of fused-ring (bicyclic) bond motifs is 1. The monoisotopic (exact) mass is 377 g/mol. The van der Waals surface area contributed by atoms with Crippen LogP contribution >= 0.6 is 12.2 Å². The zero-order valence-electron chi connectivity index (χ0n) is 14.3. The van der Waals surface area contributed by atoms with Crippen molar-refractivity contribution in [2.24, 2.45) is 0 Å². The van der Waals surface area contributed by atoms with Crippen LogP contribution in [0.3, 0.4) is 0 Å². The van der Waals surface area contributed by atoms with Gasteiger partial charge in [-0.15, -0.1) is 0 Å². The molecule has 1 N–H and O–H groups in total. The highest BCUT2D eigenvalue weighted by molar-refractivity contribution is 7.80. The highest BCUT2D eigenvalue weighted by Crippen LogP contribution is 2.18. The normalized spacial score (nSPS) is 13.9. The number of rotatable bonds is 5. The molecule has 1 saturated heterocycles. The molecule has 0 spiro atoms. The molecule has 0 aliphatic carbocycles. The van der Waals surface area contributed by atoms with Gasteiger partial charge in [0.2, 0.25) is 0 Å². The number of hydrazine groups is 1. The predicted octanol–water partition coefficient (Wildman–Crippen LogP) is 1.11. The lowest BCUT2D eigenvalue weighted by molar-refractivity contribution is -0.142. The van der Waals surface area contributed by atoms with E-state index in [-0.39, 0.29) is 18.3 Å². The molecule has 1 amide bonds. The van der Waals surface area contributed by atoms with Gasteiger partial charge in [0.25, 0.3) is 5.91 Å². The van der Waals surface area contributed by atoms with Crippen molar-refractivity contribution in [3.8, 4) is 0 Å². The largest absolute Gasteiger partial charge is 0.466 e. The van der Waals surface area contributed by atoms with Gasteiger partial charge in [-0.25, -0.2) is 9.64 Å². The van der Waals surface area contributed by atoms with Gasteiger partial charge in [-0.2, -0.15) is 0 Å². The molecule has 0 radical (unpaired) electrons. The molecule has 2 heterocycles. The number of nitrogens with zero attached hydrogens (tertiary/aromatic N) is 4. The summed E-state index contributed by atoms with van der Waals surface area (Å²) >= 11 is 5.37. The van der Waals surface area contributed by atoms with Gasteiger partial charge < -0.3 is 10.1 Å². The summed E-state index contributed by atoms with van der Waals surface area (Å²) in [5.74, 6) is -0.464. The topological polar surface area (TPSA) is 101 Å². The number of benzene rings is 1. The molecule has 1 aliphatic rings. The number of esters is 1. The highest BCUT2D eigenvalue weighted by Gasteiger charge is 2.29. The summed E-state index contributed by atoms with van der Waals surface area (Å²) in [5, 5.41) is 14.2. The number of aromatic nitrogens is 2. The fourth-order valence-corrected chi connectivity index (χ4v) is 2.99. The number of hydrogen-bond acceptors (Lipinski definition) is 7. The van der Waals surface area contributed by atoms with Gasteiger partial charge in [0.1, 0.15) is 11.0 Å². The Hall–Kier alpha value is -2.75. The van der Waals surface area contributed by atoms with Crippen LogP contribution in [-0.2, 0) is 9.53 Å². The van der Waals surface area contributed by atoms with Crippen LogP contribution < -0.4 is 5.32 Å². The number of carbonyl (C=O) groups excluding carboxylic acids is 2. The minimum atomic E-state index is -0.285. The second-order valence-electron chi connectivity index (χ2n) is 5.66. The van der Waals surface area contributed by atoms with E-state index in [1.165, 1.54) is 0 Å². The first kappa shape index (κ1) is 18.1. The van der Waals surface area contributed by atoms with E-state index in [1.54, 1.807) is 35.1 Å². The summed E-state index contributed by atoms with van der Waals surface area (Å²) in [5.41, 5.74) is 1.60. The first-order valence-corrected chi connectivity index (χ1v) is 8.76. The molecule has 1 aromatic carbocycles. The van der Waals surface area contributed by atoms with Crippen LogP contribution in [0.2, 0.25) is 0 Å². The van der Waals surface area contributed by atoms with E-state index >= 15 is 0 Å². The van der Waals surface area contributed by atoms with Crippen LogP contribution in [-0.4, -0.2) is 63.6 Å². The fraction of sp³-hybridized carbons (Fsp3) is 0.438. The van der Waals surface area contributed by atoms with Crippen LogP contribution in [0, 0.1) is 0 Å². The lowest BCUT2D eigenvalue weighted by Crippen LogP contribution is -2.49. The Kier molecular flexibility index (Phi) is 5.61. The lowest BCUT2D eigenvalue weighted by Gasteiger charge is -2.30. The van der Waals surface area contributed by atoms with Crippen LogP contribution in [0.25, 0.3) is 11.0 Å². The second-order valence-corrected chi connectivity index (χ2v) is 6.05. The number of amides is 1. The summed E-state index contributed by atoms with van der Waals surface area (Å²) in [6.07, 6.45) is 1.02.